The third-order valence-electron chi connectivity index (χ3n) is 5.68. The highest BCUT2D eigenvalue weighted by Crippen LogP contribution is 2.19. The van der Waals surface area contributed by atoms with E-state index in [1.54, 1.807) is 6.20 Å². The molecular weight excluding hydrogens is 302 g/mol. The standard InChI is InChI=1S/C18H31N5O/c1-4-15(5-2)23-14(3)17(12-20-23)18(24)19-11-16-13-21-7-6-8-22(16)10-9-21/h12,15-16H,4-11,13H2,1-3H3,(H,19,24)/t16-/m0/s1. The molecular formula is C18H31N5O. The summed E-state index contributed by atoms with van der Waals surface area (Å²) in [7, 11) is 0. The van der Waals surface area contributed by atoms with Gasteiger partial charge in [-0.05, 0) is 39.3 Å². The van der Waals surface area contributed by atoms with Crippen LogP contribution in [0.25, 0.3) is 0 Å². The summed E-state index contributed by atoms with van der Waals surface area (Å²) in [6.45, 7) is 12.8. The lowest BCUT2D eigenvalue weighted by molar-refractivity contribution is 0.0878. The van der Waals surface area contributed by atoms with E-state index < -0.39 is 0 Å². The van der Waals surface area contributed by atoms with E-state index in [1.807, 2.05) is 11.6 Å². The maximum atomic E-state index is 12.6. The number of hydrogen-bond acceptors (Lipinski definition) is 4. The Labute approximate surface area is 145 Å². The van der Waals surface area contributed by atoms with Crippen molar-refractivity contribution in [3.05, 3.63) is 17.5 Å². The van der Waals surface area contributed by atoms with Crippen LogP contribution in [0.5, 0.6) is 0 Å². The molecule has 0 aromatic carbocycles. The Balaban J connectivity index is 1.61. The molecule has 1 aromatic rings. The van der Waals surface area contributed by atoms with Crippen LogP contribution in [0.1, 0.15) is 55.2 Å². The van der Waals surface area contributed by atoms with Gasteiger partial charge in [0.15, 0.2) is 0 Å². The number of nitrogens with one attached hydrogen (secondary N) is 1. The van der Waals surface area contributed by atoms with Gasteiger partial charge in [-0.2, -0.15) is 5.10 Å². The minimum absolute atomic E-state index is 0.0148. The monoisotopic (exact) mass is 333 g/mol. The van der Waals surface area contributed by atoms with Crippen LogP contribution >= 0.6 is 0 Å². The first kappa shape index (κ1) is 17.4. The van der Waals surface area contributed by atoms with Crippen LogP contribution in [-0.4, -0.2) is 70.8 Å². The smallest absolute Gasteiger partial charge is 0.254 e. The zero-order valence-corrected chi connectivity index (χ0v) is 15.3. The number of aromatic nitrogens is 2. The van der Waals surface area contributed by atoms with E-state index in [0.29, 0.717) is 12.1 Å². The quantitative estimate of drug-likeness (QED) is 0.860. The van der Waals surface area contributed by atoms with Crippen molar-refractivity contribution in [2.24, 2.45) is 0 Å². The van der Waals surface area contributed by atoms with Crippen molar-refractivity contribution in [3.8, 4) is 0 Å². The molecule has 6 heteroatoms. The van der Waals surface area contributed by atoms with Gasteiger partial charge in [-0.3, -0.25) is 14.4 Å². The van der Waals surface area contributed by atoms with Gasteiger partial charge in [-0.15, -0.1) is 0 Å². The summed E-state index contributed by atoms with van der Waals surface area (Å²) in [4.78, 5) is 17.7. The highest BCUT2D eigenvalue weighted by atomic mass is 16.1. The van der Waals surface area contributed by atoms with Gasteiger partial charge >= 0.3 is 0 Å². The van der Waals surface area contributed by atoms with Crippen LogP contribution in [0.2, 0.25) is 0 Å². The highest BCUT2D eigenvalue weighted by molar-refractivity contribution is 5.95. The molecule has 0 aliphatic carbocycles. The maximum absolute atomic E-state index is 12.6. The third kappa shape index (κ3) is 3.49. The molecule has 3 fully saturated rings. The molecule has 4 heterocycles. The van der Waals surface area contributed by atoms with E-state index in [1.165, 1.54) is 19.5 Å². The van der Waals surface area contributed by atoms with Crippen molar-refractivity contribution in [1.29, 1.82) is 0 Å². The molecule has 0 saturated carbocycles. The number of amides is 1. The van der Waals surface area contributed by atoms with E-state index in [2.05, 4.69) is 34.1 Å². The highest BCUT2D eigenvalue weighted by Gasteiger charge is 2.30. The van der Waals surface area contributed by atoms with Gasteiger partial charge in [0, 0.05) is 37.9 Å². The third-order valence-corrected chi connectivity index (χ3v) is 5.68. The van der Waals surface area contributed by atoms with Crippen molar-refractivity contribution in [1.82, 2.24) is 24.9 Å². The lowest BCUT2D eigenvalue weighted by Gasteiger charge is -2.37. The average molecular weight is 333 g/mol. The van der Waals surface area contributed by atoms with Crippen molar-refractivity contribution >= 4 is 5.91 Å². The zero-order valence-electron chi connectivity index (χ0n) is 15.3. The fourth-order valence-electron chi connectivity index (χ4n) is 4.10. The molecule has 2 bridgehead atoms. The van der Waals surface area contributed by atoms with Crippen LogP contribution in [0.4, 0.5) is 0 Å². The van der Waals surface area contributed by atoms with Crippen LogP contribution in [-0.2, 0) is 0 Å². The van der Waals surface area contributed by atoms with E-state index in [0.717, 1.165) is 50.3 Å². The Morgan fingerprint density at radius 3 is 2.83 bits per heavy atom. The van der Waals surface area contributed by atoms with Gasteiger partial charge in [0.1, 0.15) is 0 Å². The summed E-state index contributed by atoms with van der Waals surface area (Å²) < 4.78 is 2.01. The lowest BCUT2D eigenvalue weighted by Crippen LogP contribution is -2.54. The zero-order chi connectivity index (χ0) is 17.1. The molecule has 3 atom stereocenters. The fraction of sp³-hybridized carbons (Fsp3) is 0.778. The fourth-order valence-corrected chi connectivity index (χ4v) is 4.10. The Hall–Kier alpha value is -1.40. The minimum Gasteiger partial charge on any atom is -0.350 e. The predicted molar refractivity (Wildman–Crippen MR) is 95.3 cm³/mol. The topological polar surface area (TPSA) is 53.4 Å². The molecule has 3 aliphatic rings. The molecule has 1 N–H and O–H groups in total. The summed E-state index contributed by atoms with van der Waals surface area (Å²) in [6, 6.07) is 0.822. The summed E-state index contributed by atoms with van der Waals surface area (Å²) in [5.41, 5.74) is 1.70. The number of hydrogen-bond donors (Lipinski definition) is 1. The largest absolute Gasteiger partial charge is 0.350 e. The second-order valence-electron chi connectivity index (χ2n) is 7.11. The molecule has 0 spiro atoms. The van der Waals surface area contributed by atoms with Crippen LogP contribution in [0.15, 0.2) is 6.20 Å². The number of nitrogens with zero attached hydrogens (tertiary/aromatic N) is 4. The minimum atomic E-state index is 0.0148. The lowest BCUT2D eigenvalue weighted by atomic mass is 10.1. The summed E-state index contributed by atoms with van der Waals surface area (Å²) >= 11 is 0. The number of piperazine rings is 1. The molecule has 24 heavy (non-hydrogen) atoms. The molecule has 4 rings (SSSR count). The van der Waals surface area contributed by atoms with Crippen molar-refractivity contribution < 1.29 is 4.79 Å². The summed E-state index contributed by atoms with van der Waals surface area (Å²) in [6.07, 6.45) is 5.04. The molecule has 1 aromatic heterocycles. The molecule has 134 valence electrons. The van der Waals surface area contributed by atoms with Gasteiger partial charge < -0.3 is 10.2 Å². The van der Waals surface area contributed by atoms with Gasteiger partial charge in [0.25, 0.3) is 5.91 Å². The number of fused-ring (bicyclic) bond motifs is 4. The average Bonchev–Trinajstić information content (AvgIpc) is 2.78. The molecule has 0 radical (unpaired) electrons. The molecule has 3 aliphatic heterocycles. The number of carbonyl (C=O) groups excluding carboxylic acids is 1. The van der Waals surface area contributed by atoms with E-state index in [4.69, 9.17) is 0 Å². The van der Waals surface area contributed by atoms with Crippen LogP contribution in [0, 0.1) is 6.92 Å². The van der Waals surface area contributed by atoms with Crippen LogP contribution in [0.3, 0.4) is 0 Å². The van der Waals surface area contributed by atoms with E-state index in [-0.39, 0.29) is 5.91 Å². The van der Waals surface area contributed by atoms with E-state index in [9.17, 15) is 4.79 Å². The second-order valence-corrected chi connectivity index (χ2v) is 7.11. The summed E-state index contributed by atoms with van der Waals surface area (Å²) in [5, 5.41) is 7.61. The first-order valence-electron chi connectivity index (χ1n) is 9.42. The number of rotatable bonds is 6. The summed E-state index contributed by atoms with van der Waals surface area (Å²) in [5.74, 6) is 0.0148. The van der Waals surface area contributed by atoms with Crippen molar-refractivity contribution in [2.45, 2.75) is 52.1 Å². The molecule has 1 amide bonds. The Morgan fingerprint density at radius 1 is 1.29 bits per heavy atom. The van der Waals surface area contributed by atoms with Crippen molar-refractivity contribution in [3.63, 3.8) is 0 Å². The first-order chi connectivity index (χ1) is 11.6. The first-order valence-corrected chi connectivity index (χ1v) is 9.42. The Kier molecular flexibility index (Phi) is 5.56. The predicted octanol–water partition coefficient (Wildman–Crippen LogP) is 1.67. The van der Waals surface area contributed by atoms with Gasteiger partial charge in [0.2, 0.25) is 0 Å². The molecule has 2 unspecified atom stereocenters. The van der Waals surface area contributed by atoms with Crippen LogP contribution < -0.4 is 5.32 Å². The van der Waals surface area contributed by atoms with E-state index >= 15 is 0 Å². The number of carbonyl (C=O) groups is 1. The normalized spacial score (nSPS) is 26.6. The van der Waals surface area contributed by atoms with Crippen molar-refractivity contribution in [2.75, 3.05) is 39.3 Å². The maximum Gasteiger partial charge on any atom is 0.254 e. The second kappa shape index (κ2) is 7.66. The van der Waals surface area contributed by atoms with Gasteiger partial charge in [-0.1, -0.05) is 13.8 Å². The van der Waals surface area contributed by atoms with Gasteiger partial charge in [0.05, 0.1) is 17.8 Å². The molecule has 3 saturated heterocycles. The van der Waals surface area contributed by atoms with Gasteiger partial charge in [-0.25, -0.2) is 0 Å². The SMILES string of the molecule is CCC(CC)n1ncc(C(=O)NC[C@H]2CN3CCCN2CC3)c1C. The Bertz CT molecular complexity index is 562. The Morgan fingerprint density at radius 2 is 2.08 bits per heavy atom. The molecule has 6 nitrogen and oxygen atoms in total.